The van der Waals surface area contributed by atoms with E-state index in [1.54, 1.807) is 0 Å². The van der Waals surface area contributed by atoms with Gasteiger partial charge in [-0.25, -0.2) is 0 Å². The van der Waals surface area contributed by atoms with Crippen LogP contribution in [0.3, 0.4) is 0 Å². The Bertz CT molecular complexity index is 757. The zero-order chi connectivity index (χ0) is 17.5. The molecule has 0 N–H and O–H groups in total. The fourth-order valence-electron chi connectivity index (χ4n) is 4.15. The van der Waals surface area contributed by atoms with Crippen LogP contribution in [0.4, 0.5) is 0 Å². The number of ether oxygens (including phenoxy) is 1. The number of carbonyl (C=O) groups excluding carboxylic acids is 1. The Hall–Kier alpha value is -2.10. The summed E-state index contributed by atoms with van der Waals surface area (Å²) in [6.07, 6.45) is 10.0. The summed E-state index contributed by atoms with van der Waals surface area (Å²) in [5, 5.41) is 0. The molecule has 136 valence electrons. The second-order valence-electron chi connectivity index (χ2n) is 8.22. The molecule has 4 nitrogen and oxygen atoms in total. The van der Waals surface area contributed by atoms with Crippen LogP contribution in [0.1, 0.15) is 55.3 Å². The lowest BCUT2D eigenvalue weighted by Crippen LogP contribution is -2.43. The highest BCUT2D eigenvalue weighted by Gasteiger charge is 2.39. The largest absolute Gasteiger partial charge is 0.493 e. The number of benzene rings is 1. The SMILES string of the molecule is O=C(c1ccc(OCC2CC2)cc1)N(C1CC1)C1CCC2=C(C=NC2)C1. The fourth-order valence-corrected chi connectivity index (χ4v) is 4.15. The average molecular weight is 350 g/mol. The Kier molecular flexibility index (Phi) is 4.07. The van der Waals surface area contributed by atoms with E-state index in [2.05, 4.69) is 9.89 Å². The van der Waals surface area contributed by atoms with Gasteiger partial charge >= 0.3 is 0 Å². The maximum atomic E-state index is 13.2. The number of rotatable bonds is 6. The summed E-state index contributed by atoms with van der Waals surface area (Å²) >= 11 is 0. The van der Waals surface area contributed by atoms with Gasteiger partial charge in [0.25, 0.3) is 5.91 Å². The van der Waals surface area contributed by atoms with Gasteiger partial charge in [0.1, 0.15) is 5.75 Å². The maximum absolute atomic E-state index is 13.2. The van der Waals surface area contributed by atoms with Gasteiger partial charge in [-0.1, -0.05) is 0 Å². The van der Waals surface area contributed by atoms with E-state index >= 15 is 0 Å². The van der Waals surface area contributed by atoms with Gasteiger partial charge in [0.05, 0.1) is 13.2 Å². The molecule has 1 aromatic rings. The Labute approximate surface area is 154 Å². The van der Waals surface area contributed by atoms with Gasteiger partial charge in [0.2, 0.25) is 0 Å². The van der Waals surface area contributed by atoms with Crippen molar-refractivity contribution in [3.8, 4) is 5.75 Å². The molecular weight excluding hydrogens is 324 g/mol. The molecule has 4 aliphatic rings. The monoisotopic (exact) mass is 350 g/mol. The van der Waals surface area contributed by atoms with Crippen LogP contribution in [0.25, 0.3) is 0 Å². The van der Waals surface area contributed by atoms with E-state index in [0.29, 0.717) is 12.1 Å². The molecule has 0 aromatic heterocycles. The number of carbonyl (C=O) groups is 1. The molecule has 2 fully saturated rings. The molecule has 1 unspecified atom stereocenters. The minimum Gasteiger partial charge on any atom is -0.493 e. The topological polar surface area (TPSA) is 41.9 Å². The predicted octanol–water partition coefficient (Wildman–Crippen LogP) is 4.01. The van der Waals surface area contributed by atoms with E-state index in [4.69, 9.17) is 4.74 Å². The van der Waals surface area contributed by atoms with Crippen molar-refractivity contribution in [2.24, 2.45) is 10.9 Å². The lowest BCUT2D eigenvalue weighted by atomic mass is 9.88. The van der Waals surface area contributed by atoms with Crippen molar-refractivity contribution in [1.29, 1.82) is 0 Å². The first-order chi connectivity index (χ1) is 12.8. The first-order valence-corrected chi connectivity index (χ1v) is 10.0. The second-order valence-corrected chi connectivity index (χ2v) is 8.22. The van der Waals surface area contributed by atoms with Crippen molar-refractivity contribution in [1.82, 2.24) is 4.90 Å². The first-order valence-electron chi connectivity index (χ1n) is 10.0. The smallest absolute Gasteiger partial charge is 0.254 e. The van der Waals surface area contributed by atoms with E-state index in [1.165, 1.54) is 24.0 Å². The third kappa shape index (κ3) is 3.29. The van der Waals surface area contributed by atoms with Crippen LogP contribution in [-0.4, -0.2) is 42.3 Å². The fraction of sp³-hybridized carbons (Fsp3) is 0.545. The van der Waals surface area contributed by atoms with Crippen molar-refractivity contribution < 1.29 is 9.53 Å². The number of hydrogen-bond donors (Lipinski definition) is 0. The zero-order valence-electron chi connectivity index (χ0n) is 15.2. The molecule has 5 rings (SSSR count). The highest BCUT2D eigenvalue weighted by molar-refractivity contribution is 5.95. The molecule has 1 aromatic carbocycles. The Morgan fingerprint density at radius 1 is 1.08 bits per heavy atom. The molecule has 1 atom stereocenters. The number of hydrogen-bond acceptors (Lipinski definition) is 3. The summed E-state index contributed by atoms with van der Waals surface area (Å²) in [5.41, 5.74) is 3.65. The predicted molar refractivity (Wildman–Crippen MR) is 102 cm³/mol. The molecule has 26 heavy (non-hydrogen) atoms. The summed E-state index contributed by atoms with van der Waals surface area (Å²) in [5.74, 6) is 1.80. The van der Waals surface area contributed by atoms with Crippen molar-refractivity contribution in [2.75, 3.05) is 13.2 Å². The lowest BCUT2D eigenvalue weighted by molar-refractivity contribution is 0.0645. The van der Waals surface area contributed by atoms with Gasteiger partial charge in [-0.3, -0.25) is 9.79 Å². The molecule has 4 heteroatoms. The van der Waals surface area contributed by atoms with Gasteiger partial charge in [-0.2, -0.15) is 0 Å². The van der Waals surface area contributed by atoms with Crippen LogP contribution < -0.4 is 4.74 Å². The molecule has 1 aliphatic heterocycles. The van der Waals surface area contributed by atoms with E-state index in [0.717, 1.165) is 62.5 Å². The third-order valence-corrected chi connectivity index (χ3v) is 6.07. The van der Waals surface area contributed by atoms with Gasteiger partial charge in [-0.05, 0) is 86.3 Å². The standard InChI is InChI=1S/C22H26N2O2/c25-22(16-4-9-21(10-5-16)26-14-15-1-2-15)24(19-7-8-19)20-6-3-17-12-23-13-18(17)11-20/h4-5,9-10,13,15,19-20H,1-3,6-8,11-12,14H2. The average Bonchev–Trinajstić information content (AvgIpc) is 3.60. The highest BCUT2D eigenvalue weighted by atomic mass is 16.5. The quantitative estimate of drug-likeness (QED) is 0.778. The van der Waals surface area contributed by atoms with E-state index in [-0.39, 0.29) is 5.91 Å². The molecule has 3 aliphatic carbocycles. The van der Waals surface area contributed by atoms with Crippen LogP contribution in [0, 0.1) is 5.92 Å². The maximum Gasteiger partial charge on any atom is 0.254 e. The van der Waals surface area contributed by atoms with Crippen molar-refractivity contribution >= 4 is 12.1 Å². The summed E-state index contributed by atoms with van der Waals surface area (Å²) in [6.45, 7) is 1.68. The lowest BCUT2D eigenvalue weighted by Gasteiger charge is -2.35. The number of nitrogens with zero attached hydrogens (tertiary/aromatic N) is 2. The van der Waals surface area contributed by atoms with Crippen molar-refractivity contribution in [3.05, 3.63) is 41.0 Å². The molecule has 2 saturated carbocycles. The Morgan fingerprint density at radius 2 is 1.88 bits per heavy atom. The molecule has 0 bridgehead atoms. The molecule has 0 radical (unpaired) electrons. The van der Waals surface area contributed by atoms with Gasteiger partial charge in [0, 0.05) is 23.9 Å². The van der Waals surface area contributed by atoms with Gasteiger partial charge < -0.3 is 9.64 Å². The van der Waals surface area contributed by atoms with E-state index < -0.39 is 0 Å². The van der Waals surface area contributed by atoms with Crippen LogP contribution >= 0.6 is 0 Å². The van der Waals surface area contributed by atoms with Crippen molar-refractivity contribution in [3.63, 3.8) is 0 Å². The summed E-state index contributed by atoms with van der Waals surface area (Å²) in [7, 11) is 0. The molecule has 1 heterocycles. The second kappa shape index (κ2) is 6.57. The van der Waals surface area contributed by atoms with Gasteiger partial charge in [-0.15, -0.1) is 0 Å². The molecular formula is C22H26N2O2. The van der Waals surface area contributed by atoms with Crippen LogP contribution in [0.2, 0.25) is 0 Å². The number of aliphatic imine (C=N–C) groups is 1. The first kappa shape index (κ1) is 16.1. The summed E-state index contributed by atoms with van der Waals surface area (Å²) in [6, 6.07) is 8.52. The molecule has 0 spiro atoms. The highest BCUT2D eigenvalue weighted by Crippen LogP contribution is 2.37. The van der Waals surface area contributed by atoms with Crippen molar-refractivity contribution in [2.45, 2.75) is 57.0 Å². The van der Waals surface area contributed by atoms with Crippen LogP contribution in [0.15, 0.2) is 40.4 Å². The molecule has 0 saturated heterocycles. The zero-order valence-corrected chi connectivity index (χ0v) is 15.2. The normalized spacial score (nSPS) is 24.5. The van der Waals surface area contributed by atoms with Gasteiger partial charge in [0.15, 0.2) is 0 Å². The minimum atomic E-state index is 0.185. The Balaban J connectivity index is 1.29. The third-order valence-electron chi connectivity index (χ3n) is 6.07. The minimum absolute atomic E-state index is 0.185. The van der Waals surface area contributed by atoms with Crippen LogP contribution in [-0.2, 0) is 0 Å². The Morgan fingerprint density at radius 3 is 2.62 bits per heavy atom. The summed E-state index contributed by atoms with van der Waals surface area (Å²) in [4.78, 5) is 19.8. The van der Waals surface area contributed by atoms with Crippen LogP contribution in [0.5, 0.6) is 5.75 Å². The summed E-state index contributed by atoms with van der Waals surface area (Å²) < 4.78 is 5.80. The van der Waals surface area contributed by atoms with E-state index in [9.17, 15) is 4.79 Å². The number of amides is 1. The molecule has 1 amide bonds. The van der Waals surface area contributed by atoms with E-state index in [1.807, 2.05) is 30.5 Å².